The highest BCUT2D eigenvalue weighted by Crippen LogP contribution is 2.31. The van der Waals surface area contributed by atoms with Crippen LogP contribution in [-0.4, -0.2) is 41.4 Å². The second-order valence-electron chi connectivity index (χ2n) is 4.89. The molecule has 0 fully saturated rings. The minimum atomic E-state index is -0.812. The molecule has 0 saturated carbocycles. The lowest BCUT2D eigenvalue weighted by atomic mass is 10.1. The fourth-order valence-corrected chi connectivity index (χ4v) is 3.20. The van der Waals surface area contributed by atoms with Crippen molar-refractivity contribution in [3.63, 3.8) is 0 Å². The molecular formula is C15H20N2O2S. The minimum Gasteiger partial charge on any atom is -0.494 e. The molecule has 0 aliphatic carbocycles. The molecule has 0 saturated heterocycles. The van der Waals surface area contributed by atoms with Crippen molar-refractivity contribution in [2.24, 2.45) is 0 Å². The predicted octanol–water partition coefficient (Wildman–Crippen LogP) is 2.45. The highest BCUT2D eigenvalue weighted by atomic mass is 32.2. The van der Waals surface area contributed by atoms with E-state index in [0.29, 0.717) is 5.75 Å². The SMILES string of the molecule is COc1cccc2c(N(C)[C@H](C)C[S@@](C)=O)ccnc12. The Labute approximate surface area is 122 Å². The molecule has 4 nitrogen and oxygen atoms in total. The first-order chi connectivity index (χ1) is 9.54. The molecule has 0 N–H and O–H groups in total. The first kappa shape index (κ1) is 14.8. The van der Waals surface area contributed by atoms with Crippen LogP contribution >= 0.6 is 0 Å². The van der Waals surface area contributed by atoms with Crippen molar-refractivity contribution in [2.75, 3.05) is 31.1 Å². The van der Waals surface area contributed by atoms with Crippen LogP contribution in [0.15, 0.2) is 30.5 Å². The van der Waals surface area contributed by atoms with Crippen LogP contribution in [0.2, 0.25) is 0 Å². The fourth-order valence-electron chi connectivity index (χ4n) is 2.30. The predicted molar refractivity (Wildman–Crippen MR) is 85.1 cm³/mol. The smallest absolute Gasteiger partial charge is 0.145 e. The number of ether oxygens (including phenoxy) is 1. The van der Waals surface area contributed by atoms with E-state index in [1.807, 2.05) is 31.3 Å². The van der Waals surface area contributed by atoms with Crippen molar-refractivity contribution in [1.29, 1.82) is 0 Å². The molecule has 2 rings (SSSR count). The van der Waals surface area contributed by atoms with Crippen molar-refractivity contribution in [1.82, 2.24) is 4.98 Å². The third kappa shape index (κ3) is 2.93. The van der Waals surface area contributed by atoms with Gasteiger partial charge in [-0.25, -0.2) is 0 Å². The van der Waals surface area contributed by atoms with Crippen molar-refractivity contribution in [3.05, 3.63) is 30.5 Å². The molecule has 2 atom stereocenters. The molecule has 0 amide bonds. The van der Waals surface area contributed by atoms with E-state index in [9.17, 15) is 4.21 Å². The number of aromatic nitrogens is 1. The van der Waals surface area contributed by atoms with Gasteiger partial charge in [-0.3, -0.25) is 9.19 Å². The Hall–Kier alpha value is -1.62. The van der Waals surface area contributed by atoms with Gasteiger partial charge in [-0.1, -0.05) is 12.1 Å². The average molecular weight is 292 g/mol. The van der Waals surface area contributed by atoms with Gasteiger partial charge in [-0.05, 0) is 19.1 Å². The summed E-state index contributed by atoms with van der Waals surface area (Å²) in [6.45, 7) is 2.08. The fraction of sp³-hybridized carbons (Fsp3) is 0.400. The number of benzene rings is 1. The second-order valence-corrected chi connectivity index (χ2v) is 6.37. The average Bonchev–Trinajstić information content (AvgIpc) is 2.44. The largest absolute Gasteiger partial charge is 0.494 e. The maximum atomic E-state index is 11.4. The van der Waals surface area contributed by atoms with E-state index in [2.05, 4.69) is 16.8 Å². The highest BCUT2D eigenvalue weighted by Gasteiger charge is 2.15. The van der Waals surface area contributed by atoms with Crippen LogP contribution in [0.3, 0.4) is 0 Å². The van der Waals surface area contributed by atoms with Gasteiger partial charge in [0.2, 0.25) is 0 Å². The number of fused-ring (bicyclic) bond motifs is 1. The zero-order valence-electron chi connectivity index (χ0n) is 12.3. The molecule has 0 aliphatic rings. The number of nitrogens with zero attached hydrogens (tertiary/aromatic N) is 2. The number of pyridine rings is 1. The maximum Gasteiger partial charge on any atom is 0.145 e. The molecule has 1 aromatic heterocycles. The van der Waals surface area contributed by atoms with Crippen molar-refractivity contribution < 1.29 is 8.95 Å². The van der Waals surface area contributed by atoms with Gasteiger partial charge in [0.05, 0.1) is 7.11 Å². The Morgan fingerprint density at radius 1 is 1.40 bits per heavy atom. The molecule has 0 spiro atoms. The van der Waals surface area contributed by atoms with Gasteiger partial charge in [-0.15, -0.1) is 0 Å². The standard InChI is InChI=1S/C15H20N2O2S/c1-11(10-20(4)18)17(2)13-8-9-16-15-12(13)6-5-7-14(15)19-3/h5-9,11H,10H2,1-4H3/t11-,20-/m1/s1. The molecule has 0 aliphatic heterocycles. The summed E-state index contributed by atoms with van der Waals surface area (Å²) >= 11 is 0. The van der Waals surface area contributed by atoms with Gasteiger partial charge in [0.15, 0.2) is 0 Å². The van der Waals surface area contributed by atoms with E-state index < -0.39 is 10.8 Å². The van der Waals surface area contributed by atoms with E-state index >= 15 is 0 Å². The van der Waals surface area contributed by atoms with Gasteiger partial charge >= 0.3 is 0 Å². The maximum absolute atomic E-state index is 11.4. The first-order valence-electron chi connectivity index (χ1n) is 6.49. The third-order valence-corrected chi connectivity index (χ3v) is 4.40. The summed E-state index contributed by atoms with van der Waals surface area (Å²) in [5.41, 5.74) is 1.93. The summed E-state index contributed by atoms with van der Waals surface area (Å²) in [6.07, 6.45) is 3.52. The van der Waals surface area contributed by atoms with Gasteiger partial charge in [0.25, 0.3) is 0 Å². The van der Waals surface area contributed by atoms with Crippen LogP contribution in [0.4, 0.5) is 5.69 Å². The van der Waals surface area contributed by atoms with Crippen LogP contribution in [0.5, 0.6) is 5.75 Å². The molecule has 20 heavy (non-hydrogen) atoms. The molecule has 2 aromatic rings. The van der Waals surface area contributed by atoms with Crippen molar-refractivity contribution in [3.8, 4) is 5.75 Å². The quantitative estimate of drug-likeness (QED) is 0.849. The molecule has 0 unspecified atom stereocenters. The summed E-state index contributed by atoms with van der Waals surface area (Å²) in [6, 6.07) is 8.08. The first-order valence-corrected chi connectivity index (χ1v) is 8.22. The number of hydrogen-bond acceptors (Lipinski definition) is 4. The molecule has 1 aromatic carbocycles. The minimum absolute atomic E-state index is 0.192. The van der Waals surface area contributed by atoms with Crippen LogP contribution in [0, 0.1) is 0 Å². The zero-order chi connectivity index (χ0) is 14.7. The normalized spacial score (nSPS) is 14.0. The zero-order valence-corrected chi connectivity index (χ0v) is 13.1. The van der Waals surface area contributed by atoms with Gasteiger partial charge < -0.3 is 9.64 Å². The monoisotopic (exact) mass is 292 g/mol. The Bertz CT molecular complexity index is 630. The van der Waals surface area contributed by atoms with Gasteiger partial charge in [0.1, 0.15) is 11.3 Å². The number of anilines is 1. The van der Waals surface area contributed by atoms with E-state index in [1.165, 1.54) is 0 Å². The Morgan fingerprint density at radius 3 is 2.80 bits per heavy atom. The summed E-state index contributed by atoms with van der Waals surface area (Å²) in [4.78, 5) is 6.55. The molecule has 0 bridgehead atoms. The molecule has 5 heteroatoms. The van der Waals surface area contributed by atoms with Gasteiger partial charge in [-0.2, -0.15) is 0 Å². The summed E-state index contributed by atoms with van der Waals surface area (Å²) in [7, 11) is 2.86. The Balaban J connectivity index is 2.46. The van der Waals surface area contributed by atoms with E-state index in [1.54, 1.807) is 19.6 Å². The molecule has 1 heterocycles. The lowest BCUT2D eigenvalue weighted by molar-refractivity contribution is 0.419. The van der Waals surface area contributed by atoms with Crippen LogP contribution in [-0.2, 0) is 10.8 Å². The Kier molecular flexibility index (Phi) is 4.60. The molecule has 0 radical (unpaired) electrons. The van der Waals surface area contributed by atoms with Crippen molar-refractivity contribution in [2.45, 2.75) is 13.0 Å². The third-order valence-electron chi connectivity index (χ3n) is 3.45. The van der Waals surface area contributed by atoms with Crippen LogP contribution in [0.1, 0.15) is 6.92 Å². The summed E-state index contributed by atoms with van der Waals surface area (Å²) in [5, 5.41) is 1.04. The van der Waals surface area contributed by atoms with Crippen LogP contribution in [0.25, 0.3) is 10.9 Å². The highest BCUT2D eigenvalue weighted by molar-refractivity contribution is 7.84. The van der Waals surface area contributed by atoms with E-state index in [-0.39, 0.29) is 6.04 Å². The van der Waals surface area contributed by atoms with Gasteiger partial charge in [0, 0.05) is 53.2 Å². The number of para-hydroxylation sites is 1. The van der Waals surface area contributed by atoms with Crippen molar-refractivity contribution >= 4 is 27.4 Å². The lowest BCUT2D eigenvalue weighted by Crippen LogP contribution is -2.33. The molecular weight excluding hydrogens is 272 g/mol. The summed E-state index contributed by atoms with van der Waals surface area (Å²) in [5.74, 6) is 1.41. The molecule has 108 valence electrons. The van der Waals surface area contributed by atoms with E-state index in [0.717, 1.165) is 22.3 Å². The topological polar surface area (TPSA) is 42.4 Å². The van der Waals surface area contributed by atoms with Crippen LogP contribution < -0.4 is 9.64 Å². The summed E-state index contributed by atoms with van der Waals surface area (Å²) < 4.78 is 16.8. The number of hydrogen-bond donors (Lipinski definition) is 0. The second kappa shape index (κ2) is 6.22. The van der Waals surface area contributed by atoms with E-state index in [4.69, 9.17) is 4.74 Å². The Morgan fingerprint density at radius 2 is 2.15 bits per heavy atom. The number of methoxy groups -OCH3 is 1. The number of rotatable bonds is 5. The lowest BCUT2D eigenvalue weighted by Gasteiger charge is -2.27.